The molecule has 0 spiro atoms. The number of hydrogen-bond acceptors (Lipinski definition) is 4. The molecule has 0 aliphatic heterocycles. The summed E-state index contributed by atoms with van der Waals surface area (Å²) >= 11 is 4.76. The van der Waals surface area contributed by atoms with E-state index in [9.17, 15) is 0 Å². The third-order valence-electron chi connectivity index (χ3n) is 2.22. The van der Waals surface area contributed by atoms with Crippen molar-refractivity contribution in [3.05, 3.63) is 20.9 Å². The van der Waals surface area contributed by atoms with Crippen molar-refractivity contribution < 1.29 is 0 Å². The summed E-state index contributed by atoms with van der Waals surface area (Å²) in [4.78, 5) is 0. The lowest BCUT2D eigenvalue weighted by Crippen LogP contribution is -1.98. The first kappa shape index (κ1) is 9.79. The van der Waals surface area contributed by atoms with E-state index >= 15 is 0 Å². The average molecular weight is 273 g/mol. The van der Waals surface area contributed by atoms with Crippen LogP contribution in [0, 0.1) is 20.8 Å². The molecule has 74 valence electrons. The second-order valence-corrected chi connectivity index (χ2v) is 5.28. The predicted molar refractivity (Wildman–Crippen MR) is 58.9 cm³/mol. The summed E-state index contributed by atoms with van der Waals surface area (Å²) in [6.07, 6.45) is 0. The maximum absolute atomic E-state index is 4.40. The summed E-state index contributed by atoms with van der Waals surface area (Å²) < 4.78 is 2.60. The minimum atomic E-state index is 0.776. The van der Waals surface area contributed by atoms with Crippen molar-refractivity contribution in [1.82, 2.24) is 20.0 Å². The molecule has 4 nitrogen and oxygen atoms in total. The van der Waals surface area contributed by atoms with Crippen LogP contribution in [0.4, 0.5) is 0 Å². The van der Waals surface area contributed by atoms with E-state index in [2.05, 4.69) is 38.1 Å². The van der Waals surface area contributed by atoms with Crippen LogP contribution in [0.1, 0.15) is 17.0 Å². The highest BCUT2D eigenvalue weighted by molar-refractivity contribution is 9.11. The van der Waals surface area contributed by atoms with Crippen LogP contribution >= 0.6 is 27.3 Å². The van der Waals surface area contributed by atoms with Crippen LogP contribution in [0.3, 0.4) is 0 Å². The highest BCUT2D eigenvalue weighted by Crippen LogP contribution is 2.22. The largest absolute Gasteiger partial charge is 0.233 e. The quantitative estimate of drug-likeness (QED) is 0.801. The highest BCUT2D eigenvalue weighted by Gasteiger charge is 2.12. The van der Waals surface area contributed by atoms with E-state index in [1.54, 1.807) is 0 Å². The Morgan fingerprint density at radius 2 is 1.93 bits per heavy atom. The molecule has 0 saturated carbocycles. The van der Waals surface area contributed by atoms with Gasteiger partial charge >= 0.3 is 0 Å². The number of nitrogens with zero attached hydrogens (tertiary/aromatic N) is 4. The van der Waals surface area contributed by atoms with Crippen LogP contribution in [0.5, 0.6) is 0 Å². The molecule has 0 atom stereocenters. The van der Waals surface area contributed by atoms with Crippen molar-refractivity contribution in [2.45, 2.75) is 20.8 Å². The molecule has 0 aliphatic rings. The third-order valence-corrected chi connectivity index (χ3v) is 3.56. The van der Waals surface area contributed by atoms with Gasteiger partial charge in [0.1, 0.15) is 0 Å². The second kappa shape index (κ2) is 3.43. The fourth-order valence-electron chi connectivity index (χ4n) is 1.19. The van der Waals surface area contributed by atoms with Gasteiger partial charge in [-0.3, -0.25) is 0 Å². The molecule has 14 heavy (non-hydrogen) atoms. The lowest BCUT2D eigenvalue weighted by molar-refractivity contribution is 0.807. The predicted octanol–water partition coefficient (Wildman–Crippen LogP) is 2.41. The van der Waals surface area contributed by atoms with E-state index in [4.69, 9.17) is 0 Å². The zero-order valence-electron chi connectivity index (χ0n) is 8.08. The van der Waals surface area contributed by atoms with Gasteiger partial charge in [0.15, 0.2) is 3.92 Å². The monoisotopic (exact) mass is 272 g/mol. The molecule has 0 aromatic carbocycles. The Kier molecular flexibility index (Phi) is 2.40. The molecular formula is C8H9BrN4S. The molecule has 0 N–H and O–H groups in total. The summed E-state index contributed by atoms with van der Waals surface area (Å²) in [6.45, 7) is 6.09. The Balaban J connectivity index is 2.57. The first-order valence-corrected chi connectivity index (χ1v) is 5.72. The van der Waals surface area contributed by atoms with E-state index in [0.717, 1.165) is 20.4 Å². The molecule has 0 amide bonds. The summed E-state index contributed by atoms with van der Waals surface area (Å²) in [5.41, 5.74) is 3.36. The molecule has 2 heterocycles. The van der Waals surface area contributed by atoms with E-state index in [-0.39, 0.29) is 0 Å². The fraction of sp³-hybridized carbons (Fsp3) is 0.375. The molecule has 0 fully saturated rings. The van der Waals surface area contributed by atoms with Crippen molar-refractivity contribution in [2.24, 2.45) is 0 Å². The number of rotatable bonds is 1. The first-order chi connectivity index (χ1) is 6.59. The second-order valence-electron chi connectivity index (χ2n) is 3.05. The molecule has 0 radical (unpaired) electrons. The third kappa shape index (κ3) is 1.48. The lowest BCUT2D eigenvalue weighted by atomic mass is 10.2. The molecular weight excluding hydrogens is 264 g/mol. The van der Waals surface area contributed by atoms with E-state index in [0.29, 0.717) is 0 Å². The summed E-state index contributed by atoms with van der Waals surface area (Å²) in [6, 6.07) is 0. The molecule has 0 aliphatic carbocycles. The zero-order chi connectivity index (χ0) is 10.3. The number of halogens is 1. The summed E-state index contributed by atoms with van der Waals surface area (Å²) in [5, 5.41) is 13.1. The van der Waals surface area contributed by atoms with Crippen molar-refractivity contribution in [2.75, 3.05) is 0 Å². The van der Waals surface area contributed by atoms with Gasteiger partial charge in [-0.2, -0.15) is 5.10 Å². The SMILES string of the molecule is Cc1nn(-c2nnc(Br)s2)c(C)c1C. The maximum Gasteiger partial charge on any atom is 0.233 e. The van der Waals surface area contributed by atoms with E-state index in [1.165, 1.54) is 16.9 Å². The Bertz CT molecular complexity index is 474. The highest BCUT2D eigenvalue weighted by atomic mass is 79.9. The Morgan fingerprint density at radius 3 is 2.36 bits per heavy atom. The summed E-state index contributed by atoms with van der Waals surface area (Å²) in [5.74, 6) is 0. The zero-order valence-corrected chi connectivity index (χ0v) is 10.5. The first-order valence-electron chi connectivity index (χ1n) is 4.12. The van der Waals surface area contributed by atoms with Crippen LogP contribution in [0.25, 0.3) is 5.13 Å². The van der Waals surface area contributed by atoms with Crippen molar-refractivity contribution in [1.29, 1.82) is 0 Å². The van der Waals surface area contributed by atoms with Crippen molar-refractivity contribution in [3.8, 4) is 5.13 Å². The van der Waals surface area contributed by atoms with Crippen molar-refractivity contribution in [3.63, 3.8) is 0 Å². The maximum atomic E-state index is 4.40. The lowest BCUT2D eigenvalue weighted by Gasteiger charge is -1.96. The number of aromatic nitrogens is 4. The van der Waals surface area contributed by atoms with Gasteiger partial charge in [-0.1, -0.05) is 11.3 Å². The van der Waals surface area contributed by atoms with Gasteiger partial charge in [-0.05, 0) is 42.3 Å². The van der Waals surface area contributed by atoms with Gasteiger partial charge in [0.2, 0.25) is 5.13 Å². The number of aryl methyl sites for hydroxylation is 1. The van der Waals surface area contributed by atoms with Crippen LogP contribution in [0.2, 0.25) is 0 Å². The average Bonchev–Trinajstić information content (AvgIpc) is 2.66. The molecule has 2 aromatic heterocycles. The summed E-state index contributed by atoms with van der Waals surface area (Å²) in [7, 11) is 0. The Labute approximate surface area is 94.1 Å². The van der Waals surface area contributed by atoms with Crippen LogP contribution < -0.4 is 0 Å². The fourth-order valence-corrected chi connectivity index (χ4v) is 2.28. The molecule has 0 saturated heterocycles. The molecule has 2 rings (SSSR count). The van der Waals surface area contributed by atoms with E-state index < -0.39 is 0 Å². The van der Waals surface area contributed by atoms with Gasteiger partial charge in [0, 0.05) is 5.69 Å². The molecule has 0 unspecified atom stereocenters. The Hall–Kier alpha value is -0.750. The van der Waals surface area contributed by atoms with E-state index in [1.807, 2.05) is 18.5 Å². The van der Waals surface area contributed by atoms with Crippen molar-refractivity contribution >= 4 is 27.3 Å². The Morgan fingerprint density at radius 1 is 1.21 bits per heavy atom. The van der Waals surface area contributed by atoms with Gasteiger partial charge in [0.25, 0.3) is 0 Å². The van der Waals surface area contributed by atoms with Gasteiger partial charge < -0.3 is 0 Å². The minimum Gasteiger partial charge on any atom is -0.209 e. The van der Waals surface area contributed by atoms with Crippen LogP contribution in [-0.4, -0.2) is 20.0 Å². The molecule has 6 heteroatoms. The normalized spacial score (nSPS) is 10.9. The minimum absolute atomic E-state index is 0.776. The standard InChI is InChI=1S/C8H9BrN4S/c1-4-5(2)12-13(6(4)3)8-11-10-7(9)14-8/h1-3H3. The van der Waals surface area contributed by atoms with Gasteiger partial charge in [-0.25, -0.2) is 4.68 Å². The van der Waals surface area contributed by atoms with Gasteiger partial charge in [-0.15, -0.1) is 10.2 Å². The molecule has 0 bridgehead atoms. The molecule has 2 aromatic rings. The smallest absolute Gasteiger partial charge is 0.209 e. The van der Waals surface area contributed by atoms with Crippen LogP contribution in [-0.2, 0) is 0 Å². The topological polar surface area (TPSA) is 43.6 Å². The van der Waals surface area contributed by atoms with Gasteiger partial charge in [0.05, 0.1) is 5.69 Å². The number of hydrogen-bond donors (Lipinski definition) is 0. The van der Waals surface area contributed by atoms with Crippen LogP contribution in [0.15, 0.2) is 3.92 Å².